The summed E-state index contributed by atoms with van der Waals surface area (Å²) in [7, 11) is -2.01. The summed E-state index contributed by atoms with van der Waals surface area (Å²) in [5, 5.41) is 5.08. The summed E-state index contributed by atoms with van der Waals surface area (Å²) in [4.78, 5) is 13.9. The van der Waals surface area contributed by atoms with E-state index in [0.29, 0.717) is 0 Å². The molecule has 1 unspecified atom stereocenters. The number of nitrogens with zero attached hydrogens (tertiary/aromatic N) is 1. The number of benzene rings is 2. The Morgan fingerprint density at radius 1 is 1.08 bits per heavy atom. The van der Waals surface area contributed by atoms with Crippen LogP contribution in [0.15, 0.2) is 65.6 Å². The first kappa shape index (κ1) is 17.9. The molecule has 2 N–H and O–H groups in total. The molecule has 126 valence electrons. The van der Waals surface area contributed by atoms with E-state index in [0.717, 1.165) is 11.1 Å². The number of sulfonamides is 1. The lowest BCUT2D eigenvalue weighted by Gasteiger charge is -2.24. The fourth-order valence-electron chi connectivity index (χ4n) is 2.20. The lowest BCUT2D eigenvalue weighted by atomic mass is 10.1. The van der Waals surface area contributed by atoms with Gasteiger partial charge in [-0.1, -0.05) is 42.5 Å². The largest absolute Gasteiger partial charge is 0.335 e. The molecule has 2 rings (SSSR count). The first-order valence-corrected chi connectivity index (χ1v) is 8.96. The predicted octanol–water partition coefficient (Wildman–Crippen LogP) is 2.57. The molecular formula is C18H20N2O3S. The Morgan fingerprint density at radius 2 is 1.67 bits per heavy atom. The van der Waals surface area contributed by atoms with Crippen LogP contribution in [0.25, 0.3) is 6.08 Å². The molecule has 0 bridgehead atoms. The molecule has 5 nitrogen and oxygen atoms in total. The zero-order valence-corrected chi connectivity index (χ0v) is 14.4. The molecule has 2 aromatic rings. The second kappa shape index (κ2) is 7.42. The molecule has 0 aliphatic heterocycles. The van der Waals surface area contributed by atoms with Gasteiger partial charge in [-0.2, -0.15) is 0 Å². The van der Waals surface area contributed by atoms with Crippen molar-refractivity contribution in [1.82, 2.24) is 4.90 Å². The second-order valence-corrected chi connectivity index (χ2v) is 7.04. The molecule has 1 amide bonds. The fourth-order valence-corrected chi connectivity index (χ4v) is 2.72. The van der Waals surface area contributed by atoms with Gasteiger partial charge in [-0.05, 0) is 36.3 Å². The van der Waals surface area contributed by atoms with E-state index in [9.17, 15) is 13.2 Å². The monoisotopic (exact) mass is 344 g/mol. The number of nitrogens with two attached hydrogens (primary N) is 1. The van der Waals surface area contributed by atoms with Gasteiger partial charge < -0.3 is 4.90 Å². The van der Waals surface area contributed by atoms with Crippen molar-refractivity contribution in [1.29, 1.82) is 0 Å². The maximum atomic E-state index is 12.3. The van der Waals surface area contributed by atoms with Gasteiger partial charge in [0.2, 0.25) is 15.9 Å². The molecule has 0 fully saturated rings. The van der Waals surface area contributed by atoms with Crippen molar-refractivity contribution in [2.75, 3.05) is 7.05 Å². The highest BCUT2D eigenvalue weighted by Gasteiger charge is 2.16. The van der Waals surface area contributed by atoms with Crippen LogP contribution >= 0.6 is 0 Å². The molecule has 0 aromatic heterocycles. The quantitative estimate of drug-likeness (QED) is 0.847. The second-order valence-electron chi connectivity index (χ2n) is 5.48. The van der Waals surface area contributed by atoms with Crippen molar-refractivity contribution < 1.29 is 13.2 Å². The van der Waals surface area contributed by atoms with E-state index in [1.807, 2.05) is 37.3 Å². The van der Waals surface area contributed by atoms with Crippen LogP contribution in [0.1, 0.15) is 24.1 Å². The predicted molar refractivity (Wildman–Crippen MR) is 94.5 cm³/mol. The number of rotatable bonds is 5. The summed E-state index contributed by atoms with van der Waals surface area (Å²) in [5.74, 6) is -0.137. The molecule has 0 heterocycles. The van der Waals surface area contributed by atoms with Gasteiger partial charge in [0, 0.05) is 13.1 Å². The molecule has 0 spiro atoms. The van der Waals surface area contributed by atoms with Gasteiger partial charge in [0.05, 0.1) is 10.9 Å². The molecule has 2 aromatic carbocycles. The van der Waals surface area contributed by atoms with Crippen LogP contribution in [-0.4, -0.2) is 26.3 Å². The first-order valence-electron chi connectivity index (χ1n) is 7.42. The minimum atomic E-state index is -3.71. The van der Waals surface area contributed by atoms with Crippen molar-refractivity contribution in [3.63, 3.8) is 0 Å². The van der Waals surface area contributed by atoms with Crippen LogP contribution in [-0.2, 0) is 14.8 Å². The summed E-state index contributed by atoms with van der Waals surface area (Å²) in [6.07, 6.45) is 3.28. The Bertz CT molecular complexity index is 828. The van der Waals surface area contributed by atoms with Crippen molar-refractivity contribution >= 4 is 22.0 Å². The molecule has 0 radical (unpaired) electrons. The van der Waals surface area contributed by atoms with E-state index in [-0.39, 0.29) is 16.8 Å². The van der Waals surface area contributed by atoms with Gasteiger partial charge in [0.1, 0.15) is 0 Å². The number of primary sulfonamides is 1. The van der Waals surface area contributed by atoms with Gasteiger partial charge >= 0.3 is 0 Å². The fraction of sp³-hybridized carbons (Fsp3) is 0.167. The van der Waals surface area contributed by atoms with Gasteiger partial charge in [-0.15, -0.1) is 0 Å². The van der Waals surface area contributed by atoms with E-state index >= 15 is 0 Å². The molecule has 0 aliphatic rings. The number of carbonyl (C=O) groups excluding carboxylic acids is 1. The van der Waals surface area contributed by atoms with Crippen LogP contribution in [0.3, 0.4) is 0 Å². The summed E-state index contributed by atoms with van der Waals surface area (Å²) in [5.41, 5.74) is 1.77. The average Bonchev–Trinajstić information content (AvgIpc) is 2.58. The maximum absolute atomic E-state index is 12.3. The Kier molecular flexibility index (Phi) is 5.54. The summed E-state index contributed by atoms with van der Waals surface area (Å²) < 4.78 is 22.6. The lowest BCUT2D eigenvalue weighted by Crippen LogP contribution is -2.28. The van der Waals surface area contributed by atoms with E-state index in [4.69, 9.17) is 5.14 Å². The topological polar surface area (TPSA) is 80.5 Å². The Hall–Kier alpha value is -2.44. The highest BCUT2D eigenvalue weighted by molar-refractivity contribution is 7.89. The molecule has 0 saturated carbocycles. The standard InChI is InChI=1S/C18H20N2O3S/c1-14(16-9-11-17(12-10-16)24(19,22)23)20(2)18(21)13-8-15-6-4-3-5-7-15/h3-14H,1-2H3,(H2,19,22,23). The number of hydrogen-bond donors (Lipinski definition) is 1. The van der Waals surface area contributed by atoms with E-state index in [2.05, 4.69) is 0 Å². The molecule has 1 atom stereocenters. The maximum Gasteiger partial charge on any atom is 0.246 e. The minimum Gasteiger partial charge on any atom is -0.335 e. The molecule has 6 heteroatoms. The Labute approximate surface area is 142 Å². The summed E-state index contributed by atoms with van der Waals surface area (Å²) >= 11 is 0. The van der Waals surface area contributed by atoms with E-state index < -0.39 is 10.0 Å². The highest BCUT2D eigenvalue weighted by atomic mass is 32.2. The van der Waals surface area contributed by atoms with Gasteiger partial charge in [0.25, 0.3) is 0 Å². The van der Waals surface area contributed by atoms with Crippen LogP contribution in [0.2, 0.25) is 0 Å². The van der Waals surface area contributed by atoms with Crippen molar-refractivity contribution in [2.24, 2.45) is 5.14 Å². The molecule has 0 saturated heterocycles. The van der Waals surface area contributed by atoms with Gasteiger partial charge in [-0.3, -0.25) is 4.79 Å². The normalized spacial score (nSPS) is 13.0. The van der Waals surface area contributed by atoms with Crippen LogP contribution < -0.4 is 5.14 Å². The average molecular weight is 344 g/mol. The smallest absolute Gasteiger partial charge is 0.246 e. The highest BCUT2D eigenvalue weighted by Crippen LogP contribution is 2.20. The molecular weight excluding hydrogens is 324 g/mol. The summed E-state index contributed by atoms with van der Waals surface area (Å²) in [6, 6.07) is 15.6. The third-order valence-corrected chi connectivity index (χ3v) is 4.77. The van der Waals surface area contributed by atoms with E-state index in [1.165, 1.54) is 18.2 Å². The first-order chi connectivity index (χ1) is 11.3. The SMILES string of the molecule is CC(c1ccc(S(N)(=O)=O)cc1)N(C)C(=O)C=Cc1ccccc1. The van der Waals surface area contributed by atoms with Crippen molar-refractivity contribution in [3.05, 3.63) is 71.8 Å². The minimum absolute atomic E-state index is 0.0522. The molecule has 24 heavy (non-hydrogen) atoms. The van der Waals surface area contributed by atoms with E-state index in [1.54, 1.807) is 30.2 Å². The van der Waals surface area contributed by atoms with Crippen LogP contribution in [0.5, 0.6) is 0 Å². The number of likely N-dealkylation sites (N-methyl/N-ethyl adjacent to an activating group) is 1. The Balaban J connectivity index is 2.09. The van der Waals surface area contributed by atoms with Gasteiger partial charge in [-0.25, -0.2) is 13.6 Å². The third-order valence-electron chi connectivity index (χ3n) is 3.84. The third kappa shape index (κ3) is 4.53. The number of carbonyl (C=O) groups is 1. The van der Waals surface area contributed by atoms with Crippen molar-refractivity contribution in [3.8, 4) is 0 Å². The zero-order chi connectivity index (χ0) is 17.7. The zero-order valence-electron chi connectivity index (χ0n) is 13.6. The number of amides is 1. The van der Waals surface area contributed by atoms with Crippen molar-refractivity contribution in [2.45, 2.75) is 17.9 Å². The molecule has 0 aliphatic carbocycles. The Morgan fingerprint density at radius 3 is 2.21 bits per heavy atom. The lowest BCUT2D eigenvalue weighted by molar-refractivity contribution is -0.126. The van der Waals surface area contributed by atoms with Crippen LogP contribution in [0.4, 0.5) is 0 Å². The number of hydrogen-bond acceptors (Lipinski definition) is 3. The van der Waals surface area contributed by atoms with Gasteiger partial charge in [0.15, 0.2) is 0 Å². The van der Waals surface area contributed by atoms with Crippen LogP contribution in [0, 0.1) is 0 Å². The summed E-state index contributed by atoms with van der Waals surface area (Å²) in [6.45, 7) is 1.88.